The van der Waals surface area contributed by atoms with Crippen molar-refractivity contribution in [3.63, 3.8) is 0 Å². The van der Waals surface area contributed by atoms with Crippen molar-refractivity contribution >= 4 is 11.8 Å². The molecule has 22 heavy (non-hydrogen) atoms. The fraction of sp³-hybridized carbons (Fsp3) is 0.625. The second-order valence-corrected chi connectivity index (χ2v) is 7.52. The molecule has 1 aromatic carbocycles. The second-order valence-electron chi connectivity index (χ2n) is 6.19. The predicted octanol–water partition coefficient (Wildman–Crippen LogP) is 5.06. The molecule has 1 aromatic rings. The molecule has 2 rings (SSSR count). The van der Waals surface area contributed by atoms with Crippen LogP contribution in [-0.4, -0.2) is 21.5 Å². The third kappa shape index (κ3) is 3.44. The zero-order valence-electron chi connectivity index (χ0n) is 13.2. The Balaban J connectivity index is 2.30. The standard InChI is InChI=1S/C16H22F3NOS/c1-11(2)15(12(3)4)21-20(14(22-15)16(17,18)19)10-13-8-6-5-7-9-13/h5-9,11-12,14H,10H2,1-4H3. The zero-order valence-corrected chi connectivity index (χ0v) is 14.0. The summed E-state index contributed by atoms with van der Waals surface area (Å²) >= 11 is 0.887. The molecular formula is C16H22F3NOS. The lowest BCUT2D eigenvalue weighted by molar-refractivity contribution is -0.275. The molecule has 2 nitrogen and oxygen atoms in total. The summed E-state index contributed by atoms with van der Waals surface area (Å²) in [5.41, 5.74) is 0.806. The molecule has 1 saturated heterocycles. The fourth-order valence-corrected chi connectivity index (χ4v) is 4.15. The summed E-state index contributed by atoms with van der Waals surface area (Å²) in [5.74, 6) is -0.0498. The van der Waals surface area contributed by atoms with Gasteiger partial charge >= 0.3 is 6.18 Å². The minimum absolute atomic E-state index is 0.0249. The van der Waals surface area contributed by atoms with Gasteiger partial charge < -0.3 is 0 Å². The molecule has 0 N–H and O–H groups in total. The highest BCUT2D eigenvalue weighted by Gasteiger charge is 2.59. The van der Waals surface area contributed by atoms with E-state index in [2.05, 4.69) is 0 Å². The molecule has 0 saturated carbocycles. The largest absolute Gasteiger partial charge is 0.415 e. The SMILES string of the molecule is CC(C)C1(C(C)C)ON(Cc2ccccc2)C(C(F)(F)F)S1. The number of hydrogen-bond acceptors (Lipinski definition) is 3. The van der Waals surface area contributed by atoms with Crippen molar-refractivity contribution in [1.29, 1.82) is 0 Å². The number of halogens is 3. The molecule has 0 aliphatic carbocycles. The number of thioether (sulfide) groups is 1. The Morgan fingerprint density at radius 1 is 1.14 bits per heavy atom. The van der Waals surface area contributed by atoms with Gasteiger partial charge in [0, 0.05) is 0 Å². The maximum atomic E-state index is 13.4. The van der Waals surface area contributed by atoms with E-state index in [1.165, 1.54) is 0 Å². The van der Waals surface area contributed by atoms with Gasteiger partial charge in [-0.3, -0.25) is 4.84 Å². The van der Waals surface area contributed by atoms with Gasteiger partial charge in [-0.25, -0.2) is 0 Å². The first-order valence-electron chi connectivity index (χ1n) is 7.41. The van der Waals surface area contributed by atoms with Gasteiger partial charge in [0.2, 0.25) is 0 Å². The van der Waals surface area contributed by atoms with Crippen molar-refractivity contribution in [2.24, 2.45) is 11.8 Å². The molecule has 0 bridgehead atoms. The first-order chi connectivity index (χ1) is 10.2. The summed E-state index contributed by atoms with van der Waals surface area (Å²) in [5, 5.41) is -0.544. The van der Waals surface area contributed by atoms with E-state index in [1.807, 2.05) is 58.0 Å². The van der Waals surface area contributed by atoms with Crippen molar-refractivity contribution in [3.8, 4) is 0 Å². The van der Waals surface area contributed by atoms with Crippen LogP contribution in [0.25, 0.3) is 0 Å². The van der Waals surface area contributed by atoms with Crippen LogP contribution < -0.4 is 0 Å². The average Bonchev–Trinajstić information content (AvgIpc) is 2.81. The molecule has 1 fully saturated rings. The van der Waals surface area contributed by atoms with E-state index in [0.29, 0.717) is 0 Å². The van der Waals surface area contributed by atoms with Gasteiger partial charge in [0.1, 0.15) is 4.93 Å². The summed E-state index contributed by atoms with van der Waals surface area (Å²) in [7, 11) is 0. The maximum absolute atomic E-state index is 13.4. The summed E-state index contributed by atoms with van der Waals surface area (Å²) < 4.78 is 40.3. The molecule has 0 aromatic heterocycles. The molecule has 124 valence electrons. The summed E-state index contributed by atoms with van der Waals surface area (Å²) in [6, 6.07) is 9.11. The van der Waals surface area contributed by atoms with E-state index < -0.39 is 16.5 Å². The number of hydroxylamine groups is 2. The Bertz CT molecular complexity index is 482. The monoisotopic (exact) mass is 333 g/mol. The molecule has 6 heteroatoms. The minimum Gasteiger partial charge on any atom is -0.279 e. The molecule has 1 atom stereocenters. The summed E-state index contributed by atoms with van der Waals surface area (Å²) in [4.78, 5) is 5.04. The molecule has 1 aliphatic rings. The van der Waals surface area contributed by atoms with Gasteiger partial charge in [-0.1, -0.05) is 69.8 Å². The van der Waals surface area contributed by atoms with Crippen LogP contribution in [0.2, 0.25) is 0 Å². The number of alkyl halides is 3. The molecule has 0 amide bonds. The van der Waals surface area contributed by atoms with Crippen LogP contribution >= 0.6 is 11.8 Å². The highest BCUT2D eigenvalue weighted by Crippen LogP contribution is 2.54. The number of nitrogens with zero attached hydrogens (tertiary/aromatic N) is 1. The van der Waals surface area contributed by atoms with Crippen molar-refractivity contribution in [2.75, 3.05) is 0 Å². The number of rotatable bonds is 4. The van der Waals surface area contributed by atoms with E-state index >= 15 is 0 Å². The van der Waals surface area contributed by atoms with Crippen LogP contribution in [-0.2, 0) is 11.4 Å². The molecule has 1 heterocycles. The van der Waals surface area contributed by atoms with E-state index in [-0.39, 0.29) is 18.4 Å². The molecular weight excluding hydrogens is 311 g/mol. The van der Waals surface area contributed by atoms with Crippen LogP contribution in [0.1, 0.15) is 33.3 Å². The molecule has 0 radical (unpaired) electrons. The first kappa shape index (κ1) is 17.6. The third-order valence-electron chi connectivity index (χ3n) is 3.89. The van der Waals surface area contributed by atoms with Crippen LogP contribution in [0, 0.1) is 11.8 Å². The minimum atomic E-state index is -4.33. The van der Waals surface area contributed by atoms with Crippen molar-refractivity contribution in [3.05, 3.63) is 35.9 Å². The van der Waals surface area contributed by atoms with Crippen molar-refractivity contribution in [2.45, 2.75) is 50.7 Å². The molecule has 1 aliphatic heterocycles. The topological polar surface area (TPSA) is 12.5 Å². The van der Waals surface area contributed by atoms with E-state index in [1.54, 1.807) is 0 Å². The Kier molecular flexibility index (Phi) is 5.14. The number of hydrogen-bond donors (Lipinski definition) is 0. The summed E-state index contributed by atoms with van der Waals surface area (Å²) in [6.07, 6.45) is -4.33. The highest BCUT2D eigenvalue weighted by atomic mass is 32.2. The van der Waals surface area contributed by atoms with Gasteiger partial charge in [0.05, 0.1) is 6.54 Å². The lowest BCUT2D eigenvalue weighted by atomic mass is 9.95. The van der Waals surface area contributed by atoms with E-state index in [4.69, 9.17) is 4.84 Å². The van der Waals surface area contributed by atoms with E-state index in [0.717, 1.165) is 22.4 Å². The Hall–Kier alpha value is -0.720. The first-order valence-corrected chi connectivity index (χ1v) is 8.29. The Labute approximate surface area is 134 Å². The van der Waals surface area contributed by atoms with Crippen LogP contribution in [0.4, 0.5) is 13.2 Å². The number of benzene rings is 1. The zero-order chi connectivity index (χ0) is 16.5. The lowest BCUT2D eigenvalue weighted by Crippen LogP contribution is -2.40. The fourth-order valence-electron chi connectivity index (χ4n) is 2.74. The van der Waals surface area contributed by atoms with Crippen LogP contribution in [0.15, 0.2) is 30.3 Å². The molecule has 1 unspecified atom stereocenters. The quantitative estimate of drug-likeness (QED) is 0.764. The van der Waals surface area contributed by atoms with Gasteiger partial charge in [-0.15, -0.1) is 0 Å². The average molecular weight is 333 g/mol. The van der Waals surface area contributed by atoms with Crippen LogP contribution in [0.3, 0.4) is 0 Å². The van der Waals surface area contributed by atoms with Crippen LogP contribution in [0.5, 0.6) is 0 Å². The van der Waals surface area contributed by atoms with Crippen molar-refractivity contribution in [1.82, 2.24) is 5.06 Å². The predicted molar refractivity (Wildman–Crippen MR) is 82.9 cm³/mol. The normalized spacial score (nSPS) is 22.7. The van der Waals surface area contributed by atoms with Gasteiger partial charge in [0.15, 0.2) is 5.37 Å². The molecule has 0 spiro atoms. The summed E-state index contributed by atoms with van der Waals surface area (Å²) in [6.45, 7) is 7.76. The van der Waals surface area contributed by atoms with Gasteiger partial charge in [-0.05, 0) is 17.4 Å². The maximum Gasteiger partial charge on any atom is 0.415 e. The van der Waals surface area contributed by atoms with Crippen molar-refractivity contribution < 1.29 is 18.0 Å². The second kappa shape index (κ2) is 6.42. The smallest absolute Gasteiger partial charge is 0.279 e. The lowest BCUT2D eigenvalue weighted by Gasteiger charge is -2.35. The van der Waals surface area contributed by atoms with Gasteiger partial charge in [-0.2, -0.15) is 18.2 Å². The Morgan fingerprint density at radius 2 is 1.68 bits per heavy atom. The third-order valence-corrected chi connectivity index (χ3v) is 6.00. The van der Waals surface area contributed by atoms with E-state index in [9.17, 15) is 13.2 Å². The highest BCUT2D eigenvalue weighted by molar-refractivity contribution is 8.01. The Morgan fingerprint density at radius 3 is 2.14 bits per heavy atom. The van der Waals surface area contributed by atoms with Gasteiger partial charge in [0.25, 0.3) is 0 Å².